The van der Waals surface area contributed by atoms with E-state index in [0.717, 1.165) is 51.4 Å². The maximum absolute atomic E-state index is 13.1. The summed E-state index contributed by atoms with van der Waals surface area (Å²) in [5.41, 5.74) is 0. The van der Waals surface area contributed by atoms with Crippen LogP contribution in [0.4, 0.5) is 0 Å². The molecule has 9 N–H and O–H groups in total. The van der Waals surface area contributed by atoms with Gasteiger partial charge in [-0.05, 0) is 57.8 Å². The second-order valence-corrected chi connectivity index (χ2v) is 16.2. The van der Waals surface area contributed by atoms with E-state index < -0.39 is 86.8 Å². The SMILES string of the molecule is CCC/C=C/CC/C=C/C(O)C(COC1OC(CO)C(OC2OC(CO)C(O)C(O)C2O)C(O)C1O)NC(=O)CCCCCCCCCCC/C=C\C/C=C\CCCCC. The first kappa shape index (κ1) is 54.1. The van der Waals surface area contributed by atoms with Gasteiger partial charge in [0.05, 0.1) is 32.0 Å². The summed E-state index contributed by atoms with van der Waals surface area (Å²) in [6.07, 6.45) is 20.5. The van der Waals surface area contributed by atoms with Crippen LogP contribution in [0, 0.1) is 0 Å². The van der Waals surface area contributed by atoms with Gasteiger partial charge < -0.3 is 65.1 Å². The van der Waals surface area contributed by atoms with Crippen LogP contribution in [0.2, 0.25) is 0 Å². The summed E-state index contributed by atoms with van der Waals surface area (Å²) in [7, 11) is 0. The molecule has 60 heavy (non-hydrogen) atoms. The van der Waals surface area contributed by atoms with Gasteiger partial charge in [-0.2, -0.15) is 0 Å². The number of hydrogen-bond acceptors (Lipinski definition) is 13. The molecule has 0 radical (unpaired) electrons. The maximum atomic E-state index is 13.1. The van der Waals surface area contributed by atoms with Crippen molar-refractivity contribution in [1.29, 1.82) is 0 Å². The summed E-state index contributed by atoms with van der Waals surface area (Å²) in [6, 6.07) is -0.930. The predicted molar refractivity (Wildman–Crippen MR) is 231 cm³/mol. The highest BCUT2D eigenvalue weighted by molar-refractivity contribution is 5.76. The zero-order valence-electron chi connectivity index (χ0n) is 36.4. The van der Waals surface area contributed by atoms with Gasteiger partial charge in [-0.3, -0.25) is 4.79 Å². The number of hydrogen-bond donors (Lipinski definition) is 9. The summed E-state index contributed by atoms with van der Waals surface area (Å²) >= 11 is 0. The average molecular weight is 856 g/mol. The number of allylic oxidation sites excluding steroid dienone is 7. The van der Waals surface area contributed by atoms with Gasteiger partial charge >= 0.3 is 0 Å². The van der Waals surface area contributed by atoms with E-state index >= 15 is 0 Å². The molecule has 0 spiro atoms. The Labute approximate surface area is 359 Å². The first-order valence-corrected chi connectivity index (χ1v) is 22.9. The van der Waals surface area contributed by atoms with Crippen LogP contribution in [-0.2, 0) is 23.7 Å². The van der Waals surface area contributed by atoms with Gasteiger partial charge in [0.2, 0.25) is 5.91 Å². The number of aliphatic hydroxyl groups is 8. The fraction of sp³-hybridized carbons (Fsp3) is 0.804. The van der Waals surface area contributed by atoms with Crippen molar-refractivity contribution in [1.82, 2.24) is 5.32 Å². The van der Waals surface area contributed by atoms with E-state index in [9.17, 15) is 45.6 Å². The van der Waals surface area contributed by atoms with Crippen molar-refractivity contribution in [3.05, 3.63) is 48.6 Å². The fourth-order valence-electron chi connectivity index (χ4n) is 7.16. The van der Waals surface area contributed by atoms with Crippen LogP contribution < -0.4 is 5.32 Å². The van der Waals surface area contributed by atoms with E-state index in [1.165, 1.54) is 57.8 Å². The minimum absolute atomic E-state index is 0.262. The molecule has 2 heterocycles. The normalized spacial score (nSPS) is 28.7. The average Bonchev–Trinajstić information content (AvgIpc) is 3.24. The third-order valence-corrected chi connectivity index (χ3v) is 11.0. The highest BCUT2D eigenvalue weighted by Crippen LogP contribution is 2.30. The van der Waals surface area contributed by atoms with Gasteiger partial charge in [-0.25, -0.2) is 0 Å². The molecule has 2 aliphatic rings. The Morgan fingerprint density at radius 2 is 1.15 bits per heavy atom. The Hall–Kier alpha value is -2.05. The van der Waals surface area contributed by atoms with Gasteiger partial charge in [0.15, 0.2) is 12.6 Å². The van der Waals surface area contributed by atoms with Crippen LogP contribution in [-0.4, -0.2) is 140 Å². The van der Waals surface area contributed by atoms with Crippen molar-refractivity contribution in [3.63, 3.8) is 0 Å². The van der Waals surface area contributed by atoms with Gasteiger partial charge in [-0.1, -0.05) is 127 Å². The molecule has 348 valence electrons. The number of ether oxygens (including phenoxy) is 4. The lowest BCUT2D eigenvalue weighted by atomic mass is 9.97. The standard InChI is InChI=1S/C46H81NO13/c1-3-5-7-9-11-12-13-14-15-16-17-18-19-20-21-22-24-26-28-30-38(51)47-34(35(50)29-27-25-23-10-8-6-4-2)33-57-45-43(56)41(54)44(37(32-49)59-45)60-46-42(55)40(53)39(52)36(31-48)58-46/h8,10-12,14-15,27,29,34-37,39-46,48-50,52-56H,3-7,9,13,16-26,28,30-33H2,1-2H3,(H,47,51)/b10-8+,12-11-,15-14-,29-27+. The molecule has 2 rings (SSSR count). The zero-order valence-corrected chi connectivity index (χ0v) is 36.4. The van der Waals surface area contributed by atoms with Crippen LogP contribution in [0.25, 0.3) is 0 Å². The number of nitrogens with one attached hydrogen (secondary N) is 1. The van der Waals surface area contributed by atoms with Crippen molar-refractivity contribution >= 4 is 5.91 Å². The van der Waals surface area contributed by atoms with Crippen LogP contribution in [0.3, 0.4) is 0 Å². The van der Waals surface area contributed by atoms with Crippen LogP contribution in [0.15, 0.2) is 48.6 Å². The molecule has 14 heteroatoms. The summed E-state index contributed by atoms with van der Waals surface area (Å²) in [6.45, 7) is 2.59. The van der Waals surface area contributed by atoms with Crippen LogP contribution in [0.1, 0.15) is 142 Å². The molecule has 12 unspecified atom stereocenters. The van der Waals surface area contributed by atoms with Gasteiger partial charge in [0.25, 0.3) is 0 Å². The van der Waals surface area contributed by atoms with E-state index in [0.29, 0.717) is 12.8 Å². The Kier molecular flexibility index (Phi) is 30.2. The highest BCUT2D eigenvalue weighted by atomic mass is 16.7. The van der Waals surface area contributed by atoms with E-state index in [1.54, 1.807) is 6.08 Å². The van der Waals surface area contributed by atoms with Gasteiger partial charge in [0, 0.05) is 6.42 Å². The summed E-state index contributed by atoms with van der Waals surface area (Å²) in [4.78, 5) is 13.1. The van der Waals surface area contributed by atoms with Crippen LogP contribution in [0.5, 0.6) is 0 Å². The Balaban J connectivity index is 1.81. The quantitative estimate of drug-likeness (QED) is 0.0327. The molecule has 12 atom stereocenters. The number of amides is 1. The molecule has 0 aliphatic carbocycles. The van der Waals surface area contributed by atoms with Gasteiger partial charge in [0.1, 0.15) is 48.8 Å². The Morgan fingerprint density at radius 1 is 0.600 bits per heavy atom. The molecule has 2 aliphatic heterocycles. The lowest BCUT2D eigenvalue weighted by Gasteiger charge is -2.46. The summed E-state index contributed by atoms with van der Waals surface area (Å²) in [5.74, 6) is -0.262. The molecule has 1 amide bonds. The van der Waals surface area contributed by atoms with Crippen molar-refractivity contribution in [2.75, 3.05) is 19.8 Å². The molecule has 14 nitrogen and oxygen atoms in total. The van der Waals surface area contributed by atoms with Crippen molar-refractivity contribution < 1.29 is 64.6 Å². The molecule has 0 aromatic heterocycles. The Bertz CT molecular complexity index is 1200. The van der Waals surface area contributed by atoms with Crippen molar-refractivity contribution in [2.45, 2.75) is 216 Å². The van der Waals surface area contributed by atoms with Gasteiger partial charge in [-0.15, -0.1) is 0 Å². The molecule has 0 aromatic rings. The van der Waals surface area contributed by atoms with Crippen molar-refractivity contribution in [2.24, 2.45) is 0 Å². The molecular weight excluding hydrogens is 774 g/mol. The first-order valence-electron chi connectivity index (χ1n) is 22.9. The summed E-state index contributed by atoms with van der Waals surface area (Å²) < 4.78 is 22.5. The largest absolute Gasteiger partial charge is 0.394 e. The number of rotatable bonds is 33. The van der Waals surface area contributed by atoms with Crippen LogP contribution >= 0.6 is 0 Å². The van der Waals surface area contributed by atoms with E-state index in [1.807, 2.05) is 6.08 Å². The summed E-state index contributed by atoms with van der Waals surface area (Å²) in [5, 5.41) is 86.2. The first-order chi connectivity index (χ1) is 29.1. The lowest BCUT2D eigenvalue weighted by Crippen LogP contribution is -2.65. The zero-order chi connectivity index (χ0) is 44.0. The van der Waals surface area contributed by atoms with Crippen molar-refractivity contribution in [3.8, 4) is 0 Å². The predicted octanol–water partition coefficient (Wildman–Crippen LogP) is 4.54. The number of unbranched alkanes of at least 4 members (excludes halogenated alkanes) is 14. The molecular formula is C46H81NO13. The molecule has 2 fully saturated rings. The lowest BCUT2D eigenvalue weighted by molar-refractivity contribution is -0.359. The number of aliphatic hydroxyl groups excluding tert-OH is 8. The molecule has 0 aromatic carbocycles. The monoisotopic (exact) mass is 856 g/mol. The van der Waals surface area contributed by atoms with E-state index in [2.05, 4.69) is 55.6 Å². The van der Waals surface area contributed by atoms with E-state index in [4.69, 9.17) is 18.9 Å². The topological polar surface area (TPSA) is 228 Å². The van der Waals surface area contributed by atoms with E-state index in [-0.39, 0.29) is 18.9 Å². The second-order valence-electron chi connectivity index (χ2n) is 16.2. The fourth-order valence-corrected chi connectivity index (χ4v) is 7.16. The smallest absolute Gasteiger partial charge is 0.220 e. The Morgan fingerprint density at radius 3 is 1.78 bits per heavy atom. The number of carbonyl (C=O) groups is 1. The molecule has 0 bridgehead atoms. The molecule has 2 saturated heterocycles. The third-order valence-electron chi connectivity index (χ3n) is 11.0. The minimum Gasteiger partial charge on any atom is -0.394 e. The highest BCUT2D eigenvalue weighted by Gasteiger charge is 2.50. The third kappa shape index (κ3) is 21.4. The second kappa shape index (κ2) is 33.5. The molecule has 0 saturated carbocycles. The minimum atomic E-state index is -1.79. The maximum Gasteiger partial charge on any atom is 0.220 e. The number of carbonyl (C=O) groups excluding carboxylic acids is 1.